The molecule has 35 heavy (non-hydrogen) atoms. The number of aryl methyl sites for hydroxylation is 2. The van der Waals surface area contributed by atoms with E-state index in [0.29, 0.717) is 44.5 Å². The molecule has 0 aliphatic carbocycles. The summed E-state index contributed by atoms with van der Waals surface area (Å²) < 4.78 is 6.68. The van der Waals surface area contributed by atoms with E-state index >= 15 is 0 Å². The molecule has 4 rings (SSSR count). The van der Waals surface area contributed by atoms with Crippen molar-refractivity contribution in [2.24, 2.45) is 0 Å². The van der Waals surface area contributed by atoms with Crippen LogP contribution in [0.3, 0.4) is 0 Å². The van der Waals surface area contributed by atoms with Gasteiger partial charge in [-0.3, -0.25) is 19.5 Å². The van der Waals surface area contributed by atoms with Crippen molar-refractivity contribution in [3.05, 3.63) is 80.0 Å². The molecule has 0 aromatic heterocycles. The van der Waals surface area contributed by atoms with Crippen molar-refractivity contribution in [3.8, 4) is 11.5 Å². The summed E-state index contributed by atoms with van der Waals surface area (Å²) in [4.78, 5) is 49.3. The number of fused-ring (bicyclic) bond motifs is 2. The summed E-state index contributed by atoms with van der Waals surface area (Å²) in [6.07, 6.45) is 0.994. The molecule has 0 fully saturated rings. The number of aromatic amines is 1. The molecule has 182 valence electrons. The number of nitrogens with one attached hydrogen (secondary N) is 1. The van der Waals surface area contributed by atoms with E-state index in [1.165, 1.54) is 7.11 Å². The molecule has 9 heteroatoms. The zero-order chi connectivity index (χ0) is 24.9. The van der Waals surface area contributed by atoms with Gasteiger partial charge in [0.05, 0.1) is 18.1 Å². The second-order valence-corrected chi connectivity index (χ2v) is 8.67. The minimum atomic E-state index is -0.694. The third kappa shape index (κ3) is 5.63. The fourth-order valence-corrected chi connectivity index (χ4v) is 4.18. The molecule has 2 aromatic carbocycles. The fraction of sp³-hybridized carbons (Fsp3) is 0.346. The van der Waals surface area contributed by atoms with Gasteiger partial charge in [0.2, 0.25) is 0 Å². The van der Waals surface area contributed by atoms with Gasteiger partial charge in [-0.25, -0.2) is 9.78 Å². The van der Waals surface area contributed by atoms with E-state index in [0.717, 1.165) is 22.2 Å². The smallest absolute Gasteiger partial charge is 0.349 e. The summed E-state index contributed by atoms with van der Waals surface area (Å²) in [5, 5.41) is 0. The number of benzene rings is 2. The molecular formula is C26H29N5O4. The summed E-state index contributed by atoms with van der Waals surface area (Å²) >= 11 is 0. The third-order valence-electron chi connectivity index (χ3n) is 6.20. The van der Waals surface area contributed by atoms with Crippen molar-refractivity contribution in [3.63, 3.8) is 0 Å². The Labute approximate surface area is 202 Å². The van der Waals surface area contributed by atoms with E-state index in [1.54, 1.807) is 0 Å². The molecular weight excluding hydrogens is 446 g/mol. The predicted octanol–water partition coefficient (Wildman–Crippen LogP) is 2.66. The molecule has 2 aromatic rings. The van der Waals surface area contributed by atoms with Gasteiger partial charge in [0, 0.05) is 26.1 Å². The van der Waals surface area contributed by atoms with Crippen LogP contribution < -0.4 is 11.2 Å². The number of esters is 1. The molecule has 0 amide bonds. The first kappa shape index (κ1) is 24.3. The van der Waals surface area contributed by atoms with Crippen molar-refractivity contribution >= 4 is 17.0 Å². The Morgan fingerprint density at radius 3 is 2.54 bits per heavy atom. The molecule has 0 radical (unpaired) electrons. The maximum absolute atomic E-state index is 12.5. The Hall–Kier alpha value is -3.85. The Morgan fingerprint density at radius 2 is 1.80 bits per heavy atom. The van der Waals surface area contributed by atoms with E-state index < -0.39 is 11.2 Å². The summed E-state index contributed by atoms with van der Waals surface area (Å²) in [6.45, 7) is 6.50. The van der Waals surface area contributed by atoms with Crippen molar-refractivity contribution in [1.29, 1.82) is 0 Å². The van der Waals surface area contributed by atoms with E-state index in [4.69, 9.17) is 4.74 Å². The summed E-state index contributed by atoms with van der Waals surface area (Å²) in [6, 6.07) is 14.1. The number of rotatable bonds is 9. The maximum Gasteiger partial charge on any atom is 0.349 e. The minimum Gasteiger partial charge on any atom is -0.469 e. The molecule has 0 spiro atoms. The number of hydrogen-bond acceptors (Lipinski definition) is 7. The van der Waals surface area contributed by atoms with Crippen LogP contribution in [0.25, 0.3) is 22.6 Å². The Bertz CT molecular complexity index is 1430. The Balaban J connectivity index is 1.70. The number of ether oxygens (including phenoxy) is 1. The van der Waals surface area contributed by atoms with Gasteiger partial charge >= 0.3 is 11.7 Å². The van der Waals surface area contributed by atoms with E-state index in [2.05, 4.69) is 32.0 Å². The molecule has 0 unspecified atom stereocenters. The zero-order valence-corrected chi connectivity index (χ0v) is 20.2. The first-order valence-electron chi connectivity index (χ1n) is 11.6. The molecule has 1 N–H and O–H groups in total. The second kappa shape index (κ2) is 10.6. The van der Waals surface area contributed by atoms with Crippen LogP contribution in [0.15, 0.2) is 52.1 Å². The number of H-pyrrole nitrogens is 1. The predicted molar refractivity (Wildman–Crippen MR) is 133 cm³/mol. The standard InChI is InChI=1S/C26H29N5O4/c1-17-14-20-21(15-18(17)2)31(24-23(27-20)25(33)29-26(34)28-24)13-12-30(11-7-10-22(32)35-3)16-19-8-5-4-6-9-19/h4-6,8-9,14-15H,7,10-13,16H2,1-3H3,(H,29,33,34). The van der Waals surface area contributed by atoms with Crippen molar-refractivity contribution in [2.75, 3.05) is 20.2 Å². The van der Waals surface area contributed by atoms with E-state index in [9.17, 15) is 14.4 Å². The van der Waals surface area contributed by atoms with Crippen molar-refractivity contribution < 1.29 is 9.53 Å². The highest BCUT2D eigenvalue weighted by Gasteiger charge is 2.20. The van der Waals surface area contributed by atoms with Gasteiger partial charge in [-0.15, -0.1) is 0 Å². The van der Waals surface area contributed by atoms with E-state index in [-0.39, 0.29) is 17.5 Å². The number of hydrogen-bond donors (Lipinski definition) is 1. The number of carbonyl (C=O) groups is 1. The lowest BCUT2D eigenvalue weighted by Gasteiger charge is -2.25. The molecule has 2 aliphatic heterocycles. The topological polar surface area (TPSA) is 110 Å². The van der Waals surface area contributed by atoms with Crippen molar-refractivity contribution in [2.45, 2.75) is 39.8 Å². The maximum atomic E-state index is 12.5. The second-order valence-electron chi connectivity index (χ2n) is 8.67. The average Bonchev–Trinajstić information content (AvgIpc) is 2.83. The number of nitrogens with zero attached hydrogens (tertiary/aromatic N) is 4. The lowest BCUT2D eigenvalue weighted by Crippen LogP contribution is -2.32. The highest BCUT2D eigenvalue weighted by Crippen LogP contribution is 2.24. The SMILES string of the molecule is COC(=O)CCCN(CCn1c2nc(=O)[nH]c(=O)c-2nc2cc(C)c(C)cc21)Cc1ccccc1. The lowest BCUT2D eigenvalue weighted by atomic mass is 10.1. The van der Waals surface area contributed by atoms with Gasteiger partial charge in [-0.05, 0) is 55.6 Å². The fourth-order valence-electron chi connectivity index (χ4n) is 4.18. The molecule has 0 saturated carbocycles. The zero-order valence-electron chi connectivity index (χ0n) is 20.2. The summed E-state index contributed by atoms with van der Waals surface area (Å²) in [5.41, 5.74) is 3.68. The van der Waals surface area contributed by atoms with Crippen LogP contribution in [0.4, 0.5) is 0 Å². The van der Waals surface area contributed by atoms with Crippen LogP contribution in [0, 0.1) is 13.8 Å². The monoisotopic (exact) mass is 475 g/mol. The van der Waals surface area contributed by atoms with Crippen molar-refractivity contribution in [1.82, 2.24) is 24.4 Å². The molecule has 9 nitrogen and oxygen atoms in total. The first-order chi connectivity index (χ1) is 16.9. The highest BCUT2D eigenvalue weighted by atomic mass is 16.5. The molecule has 2 heterocycles. The van der Waals surface area contributed by atoms with Crippen LogP contribution in [0.1, 0.15) is 29.5 Å². The average molecular weight is 476 g/mol. The van der Waals surface area contributed by atoms with Crippen LogP contribution in [0.5, 0.6) is 0 Å². The summed E-state index contributed by atoms with van der Waals surface area (Å²) in [7, 11) is 1.39. The lowest BCUT2D eigenvalue weighted by molar-refractivity contribution is -0.140. The normalized spacial score (nSPS) is 11.4. The quantitative estimate of drug-likeness (QED) is 0.293. The third-order valence-corrected chi connectivity index (χ3v) is 6.20. The number of aromatic nitrogens is 4. The van der Waals surface area contributed by atoms with Crippen LogP contribution in [-0.4, -0.2) is 50.6 Å². The number of carbonyl (C=O) groups excluding carboxylic acids is 1. The Morgan fingerprint density at radius 1 is 1.06 bits per heavy atom. The van der Waals surface area contributed by atoms with Gasteiger partial charge in [0.15, 0.2) is 11.5 Å². The molecule has 0 atom stereocenters. The first-order valence-corrected chi connectivity index (χ1v) is 11.6. The van der Waals surface area contributed by atoms with Crippen LogP contribution in [0.2, 0.25) is 0 Å². The molecule has 0 bridgehead atoms. The molecule has 2 aliphatic rings. The Kier molecular flexibility index (Phi) is 7.36. The van der Waals surface area contributed by atoms with Gasteiger partial charge in [-0.2, -0.15) is 4.98 Å². The van der Waals surface area contributed by atoms with Gasteiger partial charge in [0.1, 0.15) is 0 Å². The summed E-state index contributed by atoms with van der Waals surface area (Å²) in [5.74, 6) is 0.0335. The van der Waals surface area contributed by atoms with Gasteiger partial charge in [0.25, 0.3) is 5.56 Å². The number of methoxy groups -OCH3 is 1. The van der Waals surface area contributed by atoms with Gasteiger partial charge in [-0.1, -0.05) is 30.3 Å². The van der Waals surface area contributed by atoms with Crippen LogP contribution in [-0.2, 0) is 22.6 Å². The van der Waals surface area contributed by atoms with E-state index in [1.807, 2.05) is 48.7 Å². The van der Waals surface area contributed by atoms with Gasteiger partial charge < -0.3 is 9.30 Å². The molecule has 0 saturated heterocycles. The van der Waals surface area contributed by atoms with Crippen LogP contribution >= 0.6 is 0 Å². The largest absolute Gasteiger partial charge is 0.469 e. The minimum absolute atomic E-state index is 0.139. The highest BCUT2D eigenvalue weighted by molar-refractivity contribution is 5.81.